The summed E-state index contributed by atoms with van der Waals surface area (Å²) in [6, 6.07) is 11.7. The zero-order valence-electron chi connectivity index (χ0n) is 18.3. The number of aromatic nitrogens is 1. The number of nitrogens with one attached hydrogen (secondary N) is 1. The molecular weight excluding hydrogens is 426 g/mol. The largest absolute Gasteiger partial charge is 0.356 e. The summed E-state index contributed by atoms with van der Waals surface area (Å²) in [5.41, 5.74) is 4.34. The number of nitrogens with zero attached hydrogens (tertiary/aromatic N) is 2. The summed E-state index contributed by atoms with van der Waals surface area (Å²) in [5.74, 6) is 0.696. The molecule has 2 aromatic rings. The molecule has 3 heterocycles. The Kier molecular flexibility index (Phi) is 6.53. The summed E-state index contributed by atoms with van der Waals surface area (Å²) < 4.78 is 2.69. The van der Waals surface area contributed by atoms with Crippen LogP contribution < -0.4 is 10.9 Å². The number of aryl methyl sites for hydroxylation is 2. The van der Waals surface area contributed by atoms with Crippen LogP contribution in [-0.4, -0.2) is 38.0 Å². The molecule has 1 aromatic carbocycles. The Morgan fingerprint density at radius 2 is 2.00 bits per heavy atom. The van der Waals surface area contributed by atoms with Crippen molar-refractivity contribution in [3.63, 3.8) is 0 Å². The van der Waals surface area contributed by atoms with E-state index in [1.807, 2.05) is 36.6 Å². The molecule has 2 aliphatic heterocycles. The molecule has 164 valence electrons. The maximum atomic E-state index is 12.9. The third-order valence-corrected chi connectivity index (χ3v) is 7.95. The number of thiocarbonyl (C=S) groups is 1. The Balaban J connectivity index is 1.41. The fourth-order valence-electron chi connectivity index (χ4n) is 4.75. The Morgan fingerprint density at radius 3 is 2.77 bits per heavy atom. The normalized spacial score (nSPS) is 20.7. The lowest BCUT2D eigenvalue weighted by atomic mass is 9.83. The van der Waals surface area contributed by atoms with Gasteiger partial charge in [-0.05, 0) is 49.8 Å². The fourth-order valence-corrected chi connectivity index (χ4v) is 6.10. The van der Waals surface area contributed by atoms with Crippen molar-refractivity contribution >= 4 is 39.9 Å². The van der Waals surface area contributed by atoms with Crippen molar-refractivity contribution < 1.29 is 4.79 Å². The van der Waals surface area contributed by atoms with Crippen molar-refractivity contribution in [3.05, 3.63) is 63.6 Å². The predicted octanol–water partition coefficient (Wildman–Crippen LogP) is 4.18. The number of anilines is 1. The van der Waals surface area contributed by atoms with Gasteiger partial charge in [0.15, 0.2) is 0 Å². The predicted molar refractivity (Wildman–Crippen MR) is 132 cm³/mol. The molecule has 1 amide bonds. The lowest BCUT2D eigenvalue weighted by Gasteiger charge is -2.43. The van der Waals surface area contributed by atoms with Crippen LogP contribution >= 0.6 is 24.0 Å². The van der Waals surface area contributed by atoms with E-state index in [4.69, 9.17) is 12.2 Å². The molecule has 2 bridgehead atoms. The van der Waals surface area contributed by atoms with Crippen LogP contribution in [0.15, 0.2) is 41.2 Å². The highest BCUT2D eigenvalue weighted by atomic mass is 32.2. The number of carbonyl (C=O) groups excluding carboxylic acids is 1. The first-order chi connectivity index (χ1) is 14.9. The monoisotopic (exact) mass is 455 g/mol. The highest BCUT2D eigenvalue weighted by molar-refractivity contribution is 8.23. The van der Waals surface area contributed by atoms with E-state index < -0.39 is 0 Å². The number of likely N-dealkylation sites (tertiary alicyclic amines) is 1. The first-order valence-electron chi connectivity index (χ1n) is 10.9. The number of piperidine rings is 1. The molecule has 0 aliphatic carbocycles. The van der Waals surface area contributed by atoms with E-state index in [0.29, 0.717) is 11.8 Å². The zero-order valence-corrected chi connectivity index (χ0v) is 19.9. The first kappa shape index (κ1) is 22.1. The summed E-state index contributed by atoms with van der Waals surface area (Å²) >= 11 is 7.20. The van der Waals surface area contributed by atoms with Crippen LogP contribution in [-0.2, 0) is 17.8 Å². The maximum Gasteiger partial charge on any atom is 0.250 e. The van der Waals surface area contributed by atoms with Gasteiger partial charge < -0.3 is 14.8 Å². The quantitative estimate of drug-likeness (QED) is 0.701. The van der Waals surface area contributed by atoms with Crippen LogP contribution in [0.4, 0.5) is 5.69 Å². The van der Waals surface area contributed by atoms with Crippen molar-refractivity contribution in [3.8, 4) is 0 Å². The van der Waals surface area contributed by atoms with Crippen molar-refractivity contribution in [2.75, 3.05) is 18.4 Å². The number of amides is 1. The van der Waals surface area contributed by atoms with Gasteiger partial charge in [-0.3, -0.25) is 9.59 Å². The van der Waals surface area contributed by atoms with Crippen molar-refractivity contribution in [2.24, 2.45) is 5.92 Å². The number of hydrogen-bond donors (Lipinski definition) is 1. The molecule has 1 fully saturated rings. The molecule has 0 radical (unpaired) electrons. The van der Waals surface area contributed by atoms with E-state index in [2.05, 4.69) is 29.3 Å². The first-order valence-corrected chi connectivity index (χ1v) is 12.2. The van der Waals surface area contributed by atoms with Crippen LogP contribution in [0.2, 0.25) is 0 Å². The smallest absolute Gasteiger partial charge is 0.250 e. The maximum absolute atomic E-state index is 12.9. The molecule has 3 atom stereocenters. The molecule has 31 heavy (non-hydrogen) atoms. The molecule has 1 N–H and O–H groups in total. The molecule has 2 aliphatic rings. The molecule has 1 saturated heterocycles. The van der Waals surface area contributed by atoms with E-state index in [9.17, 15) is 9.59 Å². The topological polar surface area (TPSA) is 54.3 Å². The van der Waals surface area contributed by atoms with E-state index in [0.717, 1.165) is 59.3 Å². The van der Waals surface area contributed by atoms with Gasteiger partial charge in [0.25, 0.3) is 5.56 Å². The summed E-state index contributed by atoms with van der Waals surface area (Å²) in [6.07, 6.45) is 1.97. The highest BCUT2D eigenvalue weighted by Crippen LogP contribution is 2.36. The third kappa shape index (κ3) is 4.58. The van der Waals surface area contributed by atoms with Gasteiger partial charge in [0.1, 0.15) is 4.32 Å². The molecule has 5 nitrogen and oxygen atoms in total. The zero-order chi connectivity index (χ0) is 22.1. The Labute approximate surface area is 193 Å². The summed E-state index contributed by atoms with van der Waals surface area (Å²) in [4.78, 5) is 27.4. The average Bonchev–Trinajstić information content (AvgIpc) is 2.75. The number of fused-ring (bicyclic) bond motifs is 4. The minimum atomic E-state index is -0.284. The van der Waals surface area contributed by atoms with Gasteiger partial charge in [0.2, 0.25) is 5.91 Å². The molecule has 7 heteroatoms. The van der Waals surface area contributed by atoms with Gasteiger partial charge in [0.05, 0.1) is 5.25 Å². The third-order valence-electron chi connectivity index (χ3n) is 6.37. The van der Waals surface area contributed by atoms with E-state index in [-0.39, 0.29) is 16.7 Å². The van der Waals surface area contributed by atoms with E-state index >= 15 is 0 Å². The van der Waals surface area contributed by atoms with E-state index in [1.54, 1.807) is 6.07 Å². The number of pyridine rings is 1. The van der Waals surface area contributed by atoms with Gasteiger partial charge in [-0.1, -0.05) is 55.2 Å². The lowest BCUT2D eigenvalue weighted by Crippen LogP contribution is -2.48. The van der Waals surface area contributed by atoms with Crippen LogP contribution in [0.3, 0.4) is 0 Å². The van der Waals surface area contributed by atoms with E-state index in [1.165, 1.54) is 11.8 Å². The van der Waals surface area contributed by atoms with Gasteiger partial charge >= 0.3 is 0 Å². The SMILES string of the molecule is CCc1cccc(C)c1NC(=O)[C@H](C)SC(=S)N1C[C@@H]2C[C@@H](C1)c1cccc(=O)n1C2. The second-order valence-corrected chi connectivity index (χ2v) is 10.6. The van der Waals surface area contributed by atoms with Crippen LogP contribution in [0, 0.1) is 12.8 Å². The average molecular weight is 456 g/mol. The van der Waals surface area contributed by atoms with Crippen LogP contribution in [0.5, 0.6) is 0 Å². The lowest BCUT2D eigenvalue weighted by molar-refractivity contribution is -0.115. The number of rotatable bonds is 4. The van der Waals surface area contributed by atoms with Crippen molar-refractivity contribution in [1.29, 1.82) is 0 Å². The van der Waals surface area contributed by atoms with Gasteiger partial charge in [-0.25, -0.2) is 0 Å². The molecule has 0 spiro atoms. The number of thioether (sulfide) groups is 1. The number of carbonyl (C=O) groups is 1. The Bertz CT molecular complexity index is 1070. The van der Waals surface area contributed by atoms with Gasteiger partial charge in [-0.15, -0.1) is 0 Å². The summed E-state index contributed by atoms with van der Waals surface area (Å²) in [6.45, 7) is 8.42. The Hall–Kier alpha value is -2.12. The van der Waals surface area contributed by atoms with Crippen molar-refractivity contribution in [2.45, 2.75) is 51.3 Å². The molecule has 0 saturated carbocycles. The molecule has 0 unspecified atom stereocenters. The molecule has 4 rings (SSSR count). The Morgan fingerprint density at radius 1 is 1.23 bits per heavy atom. The fraction of sp³-hybridized carbons (Fsp3) is 0.458. The highest BCUT2D eigenvalue weighted by Gasteiger charge is 2.36. The molecular formula is C24H29N3O2S2. The minimum absolute atomic E-state index is 0.0227. The molecule has 1 aromatic heterocycles. The van der Waals surface area contributed by atoms with Crippen LogP contribution in [0.25, 0.3) is 0 Å². The number of benzene rings is 1. The van der Waals surface area contributed by atoms with Gasteiger partial charge in [-0.2, -0.15) is 0 Å². The second kappa shape index (κ2) is 9.17. The van der Waals surface area contributed by atoms with Gasteiger partial charge in [0, 0.05) is 43.0 Å². The van der Waals surface area contributed by atoms with Crippen molar-refractivity contribution in [1.82, 2.24) is 9.47 Å². The minimum Gasteiger partial charge on any atom is -0.356 e. The standard InChI is InChI=1S/C24H29N3O2S2/c1-4-18-8-5-7-15(2)22(18)25-23(29)16(3)31-24(30)26-12-17-11-19(14-26)20-9-6-10-21(28)27(20)13-17/h5-10,16-17,19H,4,11-14H2,1-3H3,(H,25,29)/t16-,17-,19-/m0/s1. The summed E-state index contributed by atoms with van der Waals surface area (Å²) in [5, 5.41) is 2.84. The van der Waals surface area contributed by atoms with Crippen LogP contribution in [0.1, 0.15) is 43.0 Å². The number of para-hydroxylation sites is 1. The second-order valence-electron chi connectivity index (χ2n) is 8.58. The summed E-state index contributed by atoms with van der Waals surface area (Å²) in [7, 11) is 0. The number of hydrogen-bond acceptors (Lipinski definition) is 4.